The molecule has 1 aliphatic rings. The van der Waals surface area contributed by atoms with E-state index < -0.39 is 0 Å². The van der Waals surface area contributed by atoms with Gasteiger partial charge in [-0.25, -0.2) is 4.79 Å². The molecular formula is C20H23N3O3. The summed E-state index contributed by atoms with van der Waals surface area (Å²) >= 11 is 0. The van der Waals surface area contributed by atoms with Gasteiger partial charge in [0.05, 0.1) is 23.3 Å². The SMILES string of the molecule is O=C(CCn1c(=O)[nH]c2ccccc21)N1CCCCC[C@H]1c1ccco1. The molecule has 2 aromatic heterocycles. The van der Waals surface area contributed by atoms with Crippen LogP contribution in [0.15, 0.2) is 51.9 Å². The van der Waals surface area contributed by atoms with Crippen molar-refractivity contribution in [2.75, 3.05) is 6.54 Å². The van der Waals surface area contributed by atoms with E-state index in [1.807, 2.05) is 41.3 Å². The van der Waals surface area contributed by atoms with Crippen molar-refractivity contribution in [3.8, 4) is 0 Å². The summed E-state index contributed by atoms with van der Waals surface area (Å²) in [6.07, 6.45) is 6.12. The van der Waals surface area contributed by atoms with Gasteiger partial charge in [-0.15, -0.1) is 0 Å². The minimum absolute atomic E-state index is 0.000286. The van der Waals surface area contributed by atoms with Crippen LogP contribution in [-0.2, 0) is 11.3 Å². The molecule has 0 aliphatic carbocycles. The third kappa shape index (κ3) is 3.19. The van der Waals surface area contributed by atoms with Gasteiger partial charge in [0.1, 0.15) is 5.76 Å². The molecule has 3 heterocycles. The summed E-state index contributed by atoms with van der Waals surface area (Å²) < 4.78 is 7.23. The van der Waals surface area contributed by atoms with E-state index in [4.69, 9.17) is 4.42 Å². The lowest BCUT2D eigenvalue weighted by atomic mass is 10.1. The predicted octanol–water partition coefficient (Wildman–Crippen LogP) is 3.46. The summed E-state index contributed by atoms with van der Waals surface area (Å²) in [6.45, 7) is 1.12. The molecule has 136 valence electrons. The highest BCUT2D eigenvalue weighted by Crippen LogP contribution is 2.31. The Balaban J connectivity index is 1.52. The number of aromatic nitrogens is 2. The maximum absolute atomic E-state index is 13.0. The summed E-state index contributed by atoms with van der Waals surface area (Å²) in [5.41, 5.74) is 1.47. The quantitative estimate of drug-likeness (QED) is 0.781. The van der Waals surface area contributed by atoms with Gasteiger partial charge in [-0.3, -0.25) is 9.36 Å². The summed E-state index contributed by atoms with van der Waals surface area (Å²) in [6, 6.07) is 11.4. The van der Waals surface area contributed by atoms with Gasteiger partial charge in [-0.2, -0.15) is 0 Å². The van der Waals surface area contributed by atoms with E-state index >= 15 is 0 Å². The van der Waals surface area contributed by atoms with Crippen molar-refractivity contribution < 1.29 is 9.21 Å². The van der Waals surface area contributed by atoms with Gasteiger partial charge in [-0.1, -0.05) is 25.0 Å². The number of aromatic amines is 1. The highest BCUT2D eigenvalue weighted by atomic mass is 16.3. The average molecular weight is 353 g/mol. The number of para-hydroxylation sites is 2. The standard InChI is InChI=1S/C20H23N3O3/c24-19(11-13-23-16-8-4-3-7-15(16)21-20(23)25)22-12-5-1-2-9-17(22)18-10-6-14-26-18/h3-4,6-8,10,14,17H,1-2,5,9,11-13H2,(H,21,25)/t17-/m0/s1. The number of nitrogens with zero attached hydrogens (tertiary/aromatic N) is 2. The number of aryl methyl sites for hydroxylation is 1. The zero-order valence-corrected chi connectivity index (χ0v) is 14.7. The molecule has 1 amide bonds. The predicted molar refractivity (Wildman–Crippen MR) is 98.8 cm³/mol. The van der Waals surface area contributed by atoms with E-state index in [1.54, 1.807) is 10.8 Å². The summed E-state index contributed by atoms with van der Waals surface area (Å²) in [5.74, 6) is 0.926. The number of H-pyrrole nitrogens is 1. The Hall–Kier alpha value is -2.76. The Labute approximate surface area is 151 Å². The van der Waals surface area contributed by atoms with Crippen LogP contribution in [-0.4, -0.2) is 26.9 Å². The van der Waals surface area contributed by atoms with Gasteiger partial charge in [0.15, 0.2) is 0 Å². The second-order valence-electron chi connectivity index (χ2n) is 6.82. The van der Waals surface area contributed by atoms with Gasteiger partial charge in [0.2, 0.25) is 5.91 Å². The number of furan rings is 1. The first-order valence-electron chi connectivity index (χ1n) is 9.24. The first kappa shape index (κ1) is 16.7. The van der Waals surface area contributed by atoms with Crippen LogP contribution in [0.1, 0.15) is 43.9 Å². The first-order valence-corrected chi connectivity index (χ1v) is 9.24. The monoisotopic (exact) mass is 353 g/mol. The number of nitrogens with one attached hydrogen (secondary N) is 1. The minimum atomic E-state index is -0.169. The number of benzene rings is 1. The molecule has 26 heavy (non-hydrogen) atoms. The van der Waals surface area contributed by atoms with E-state index in [2.05, 4.69) is 4.98 Å². The van der Waals surface area contributed by atoms with Crippen molar-refractivity contribution in [2.24, 2.45) is 0 Å². The Kier molecular flexibility index (Phi) is 4.65. The molecule has 6 nitrogen and oxygen atoms in total. The van der Waals surface area contributed by atoms with Crippen LogP contribution in [0.2, 0.25) is 0 Å². The molecule has 1 aliphatic heterocycles. The fourth-order valence-corrected chi connectivity index (χ4v) is 3.86. The molecule has 1 atom stereocenters. The molecule has 0 saturated carbocycles. The fourth-order valence-electron chi connectivity index (χ4n) is 3.86. The van der Waals surface area contributed by atoms with E-state index in [-0.39, 0.29) is 17.6 Å². The lowest BCUT2D eigenvalue weighted by Gasteiger charge is -2.28. The molecule has 0 spiro atoms. The van der Waals surface area contributed by atoms with Crippen molar-refractivity contribution in [1.29, 1.82) is 0 Å². The Morgan fingerprint density at radius 2 is 2.04 bits per heavy atom. The number of amides is 1. The lowest BCUT2D eigenvalue weighted by molar-refractivity contribution is -0.134. The third-order valence-electron chi connectivity index (χ3n) is 5.18. The molecule has 1 N–H and O–H groups in total. The summed E-state index contributed by atoms with van der Waals surface area (Å²) in [5, 5.41) is 0. The molecule has 1 aromatic carbocycles. The Morgan fingerprint density at radius 3 is 2.88 bits per heavy atom. The van der Waals surface area contributed by atoms with E-state index in [9.17, 15) is 9.59 Å². The average Bonchev–Trinajstić information content (AvgIpc) is 3.21. The minimum Gasteiger partial charge on any atom is -0.467 e. The highest BCUT2D eigenvalue weighted by molar-refractivity contribution is 5.78. The van der Waals surface area contributed by atoms with Crippen LogP contribution < -0.4 is 5.69 Å². The molecule has 4 rings (SSSR count). The lowest BCUT2D eigenvalue weighted by Crippen LogP contribution is -2.35. The van der Waals surface area contributed by atoms with Crippen LogP contribution in [0.4, 0.5) is 0 Å². The molecule has 6 heteroatoms. The molecule has 3 aromatic rings. The number of hydrogen-bond acceptors (Lipinski definition) is 3. The van der Waals surface area contributed by atoms with Gasteiger partial charge < -0.3 is 14.3 Å². The summed E-state index contributed by atoms with van der Waals surface area (Å²) in [4.78, 5) is 29.9. The Bertz CT molecular complexity index is 939. The smallest absolute Gasteiger partial charge is 0.326 e. The van der Waals surface area contributed by atoms with Crippen LogP contribution in [0, 0.1) is 0 Å². The molecule has 0 unspecified atom stereocenters. The number of hydrogen-bond donors (Lipinski definition) is 1. The number of rotatable bonds is 4. The van der Waals surface area contributed by atoms with Gasteiger partial charge >= 0.3 is 5.69 Å². The van der Waals surface area contributed by atoms with Crippen LogP contribution >= 0.6 is 0 Å². The zero-order valence-electron chi connectivity index (χ0n) is 14.7. The van der Waals surface area contributed by atoms with Crippen molar-refractivity contribution in [3.63, 3.8) is 0 Å². The van der Waals surface area contributed by atoms with E-state index in [0.29, 0.717) is 13.0 Å². The van der Waals surface area contributed by atoms with Gasteiger partial charge in [0.25, 0.3) is 0 Å². The maximum Gasteiger partial charge on any atom is 0.326 e. The topological polar surface area (TPSA) is 71.2 Å². The van der Waals surface area contributed by atoms with Crippen molar-refractivity contribution in [1.82, 2.24) is 14.5 Å². The largest absolute Gasteiger partial charge is 0.467 e. The zero-order chi connectivity index (χ0) is 17.9. The highest BCUT2D eigenvalue weighted by Gasteiger charge is 2.28. The number of likely N-dealkylation sites (tertiary alicyclic amines) is 1. The van der Waals surface area contributed by atoms with Crippen molar-refractivity contribution in [3.05, 3.63) is 58.9 Å². The molecule has 0 radical (unpaired) electrons. The number of carbonyl (C=O) groups is 1. The van der Waals surface area contributed by atoms with Crippen LogP contribution in [0.25, 0.3) is 11.0 Å². The number of imidazole rings is 1. The van der Waals surface area contributed by atoms with E-state index in [0.717, 1.165) is 49.0 Å². The molecule has 1 fully saturated rings. The van der Waals surface area contributed by atoms with Crippen molar-refractivity contribution in [2.45, 2.75) is 44.7 Å². The second-order valence-corrected chi connectivity index (χ2v) is 6.82. The fraction of sp³-hybridized carbons (Fsp3) is 0.400. The third-order valence-corrected chi connectivity index (χ3v) is 5.18. The van der Waals surface area contributed by atoms with Gasteiger partial charge in [-0.05, 0) is 37.1 Å². The molecular weight excluding hydrogens is 330 g/mol. The number of carbonyl (C=O) groups excluding carboxylic acids is 1. The molecule has 0 bridgehead atoms. The van der Waals surface area contributed by atoms with E-state index in [1.165, 1.54) is 0 Å². The van der Waals surface area contributed by atoms with Crippen LogP contribution in [0.5, 0.6) is 0 Å². The summed E-state index contributed by atoms with van der Waals surface area (Å²) in [7, 11) is 0. The molecule has 1 saturated heterocycles. The Morgan fingerprint density at radius 1 is 1.15 bits per heavy atom. The van der Waals surface area contributed by atoms with Gasteiger partial charge in [0, 0.05) is 19.5 Å². The first-order chi connectivity index (χ1) is 12.7. The maximum atomic E-state index is 13.0. The van der Waals surface area contributed by atoms with Crippen molar-refractivity contribution >= 4 is 16.9 Å². The second kappa shape index (κ2) is 7.23. The number of fused-ring (bicyclic) bond motifs is 1. The van der Waals surface area contributed by atoms with Crippen LogP contribution in [0.3, 0.4) is 0 Å². The normalized spacial score (nSPS) is 18.2.